The van der Waals surface area contributed by atoms with Crippen LogP contribution in [-0.4, -0.2) is 41.0 Å². The maximum atomic E-state index is 12.7. The molecule has 1 aromatic heterocycles. The van der Waals surface area contributed by atoms with Crippen molar-refractivity contribution in [2.24, 2.45) is 0 Å². The normalized spacial score (nSPS) is 19.3. The van der Waals surface area contributed by atoms with E-state index in [2.05, 4.69) is 0 Å². The summed E-state index contributed by atoms with van der Waals surface area (Å²) in [5, 5.41) is 13.2. The Bertz CT molecular complexity index is 859. The molecule has 0 saturated carbocycles. The van der Waals surface area contributed by atoms with Gasteiger partial charge in [0, 0.05) is 22.0 Å². The van der Waals surface area contributed by atoms with Crippen molar-refractivity contribution in [3.8, 4) is 0 Å². The summed E-state index contributed by atoms with van der Waals surface area (Å²) in [4.78, 5) is 27.7. The largest absolute Gasteiger partial charge is 0.507 e. The average molecular weight is 406 g/mol. The molecule has 0 bridgehead atoms. The second-order valence-electron chi connectivity index (χ2n) is 6.43. The number of Topliss-reactive ketones (excluding diaryl/α,β-unsaturated/α-hetero) is 1. The summed E-state index contributed by atoms with van der Waals surface area (Å²) in [6, 6.07) is 9.58. The highest BCUT2D eigenvalue weighted by Crippen LogP contribution is 2.40. The van der Waals surface area contributed by atoms with Crippen LogP contribution < -0.4 is 0 Å². The van der Waals surface area contributed by atoms with E-state index >= 15 is 0 Å². The number of rotatable bonds is 6. The number of carbonyl (C=O) groups excluding carboxylic acids is 2. The molecule has 1 N–H and O–H groups in total. The number of hydrogen-bond donors (Lipinski definition) is 1. The number of nitrogens with zero attached hydrogens (tertiary/aromatic N) is 1. The van der Waals surface area contributed by atoms with Crippen molar-refractivity contribution in [2.75, 3.05) is 13.2 Å². The number of likely N-dealkylation sites (tertiary alicyclic amines) is 1. The van der Waals surface area contributed by atoms with Gasteiger partial charge in [-0.1, -0.05) is 17.7 Å². The van der Waals surface area contributed by atoms with Gasteiger partial charge in [0.1, 0.15) is 5.76 Å². The number of aliphatic hydroxyl groups is 1. The minimum atomic E-state index is -0.689. The maximum Gasteiger partial charge on any atom is 0.295 e. The van der Waals surface area contributed by atoms with Crippen LogP contribution in [0.4, 0.5) is 0 Å². The molecule has 1 unspecified atom stereocenters. The Kier molecular flexibility index (Phi) is 5.99. The molecule has 1 aliphatic rings. The lowest BCUT2D eigenvalue weighted by Crippen LogP contribution is -2.33. The Balaban J connectivity index is 2.03. The molecule has 0 aliphatic carbocycles. The molecule has 5 nitrogen and oxygen atoms in total. The van der Waals surface area contributed by atoms with E-state index in [0.29, 0.717) is 17.2 Å². The topological polar surface area (TPSA) is 66.8 Å². The van der Waals surface area contributed by atoms with E-state index in [1.807, 2.05) is 31.4 Å². The average Bonchev–Trinajstić information content (AvgIpc) is 3.24. The molecule has 7 heteroatoms. The van der Waals surface area contributed by atoms with E-state index in [-0.39, 0.29) is 24.0 Å². The molecule has 1 amide bonds. The van der Waals surface area contributed by atoms with Gasteiger partial charge in [-0.15, -0.1) is 11.3 Å². The van der Waals surface area contributed by atoms with Gasteiger partial charge in [-0.05, 0) is 49.6 Å². The molecule has 1 atom stereocenters. The summed E-state index contributed by atoms with van der Waals surface area (Å²) in [5.74, 6) is -1.52. The fraction of sp³-hybridized carbons (Fsp3) is 0.300. The highest BCUT2D eigenvalue weighted by molar-refractivity contribution is 7.10. The zero-order chi connectivity index (χ0) is 19.6. The second kappa shape index (κ2) is 8.25. The van der Waals surface area contributed by atoms with Crippen molar-refractivity contribution in [1.29, 1.82) is 0 Å². The van der Waals surface area contributed by atoms with E-state index in [0.717, 1.165) is 4.88 Å². The quantitative estimate of drug-likeness (QED) is 0.443. The maximum absolute atomic E-state index is 12.7. The number of halogens is 1. The number of ether oxygens (including phenoxy) is 1. The van der Waals surface area contributed by atoms with Crippen molar-refractivity contribution >= 4 is 40.4 Å². The molecular weight excluding hydrogens is 386 g/mol. The van der Waals surface area contributed by atoms with E-state index in [9.17, 15) is 14.7 Å². The van der Waals surface area contributed by atoms with Crippen LogP contribution in [0, 0.1) is 0 Å². The lowest BCUT2D eigenvalue weighted by molar-refractivity contribution is -0.140. The van der Waals surface area contributed by atoms with Crippen LogP contribution in [0.1, 0.15) is 30.3 Å². The van der Waals surface area contributed by atoms with Crippen LogP contribution in [0.3, 0.4) is 0 Å². The Morgan fingerprint density at radius 1 is 1.26 bits per heavy atom. The first kappa shape index (κ1) is 19.6. The van der Waals surface area contributed by atoms with Crippen molar-refractivity contribution in [2.45, 2.75) is 26.0 Å². The van der Waals surface area contributed by atoms with Crippen LogP contribution >= 0.6 is 22.9 Å². The molecule has 1 saturated heterocycles. The smallest absolute Gasteiger partial charge is 0.295 e. The summed E-state index contributed by atoms with van der Waals surface area (Å²) in [6.45, 7) is 4.40. The van der Waals surface area contributed by atoms with Gasteiger partial charge in [-0.2, -0.15) is 0 Å². The fourth-order valence-corrected chi connectivity index (χ4v) is 3.97. The van der Waals surface area contributed by atoms with E-state index in [4.69, 9.17) is 16.3 Å². The summed E-state index contributed by atoms with van der Waals surface area (Å²) in [6.07, 6.45) is 0.0241. The van der Waals surface area contributed by atoms with Gasteiger partial charge in [-0.3, -0.25) is 9.59 Å². The second-order valence-corrected chi connectivity index (χ2v) is 7.85. The van der Waals surface area contributed by atoms with Crippen molar-refractivity contribution in [3.05, 3.63) is 62.8 Å². The van der Waals surface area contributed by atoms with Gasteiger partial charge >= 0.3 is 0 Å². The monoisotopic (exact) mass is 405 g/mol. The van der Waals surface area contributed by atoms with Gasteiger partial charge in [0.25, 0.3) is 11.7 Å². The highest BCUT2D eigenvalue weighted by atomic mass is 35.5. The molecule has 0 spiro atoms. The number of amides is 1. The summed E-state index contributed by atoms with van der Waals surface area (Å²) in [5.41, 5.74) is 0.534. The van der Waals surface area contributed by atoms with Crippen LogP contribution in [-0.2, 0) is 14.3 Å². The van der Waals surface area contributed by atoms with Gasteiger partial charge < -0.3 is 14.7 Å². The lowest BCUT2D eigenvalue weighted by Gasteiger charge is -2.24. The minimum Gasteiger partial charge on any atom is -0.507 e. The molecule has 1 aromatic carbocycles. The summed E-state index contributed by atoms with van der Waals surface area (Å²) < 4.78 is 5.55. The highest BCUT2D eigenvalue weighted by Gasteiger charge is 2.46. The summed E-state index contributed by atoms with van der Waals surface area (Å²) >= 11 is 7.34. The molecule has 3 rings (SSSR count). The van der Waals surface area contributed by atoms with Gasteiger partial charge in [0.2, 0.25) is 0 Å². The van der Waals surface area contributed by atoms with Gasteiger partial charge in [0.15, 0.2) is 0 Å². The Morgan fingerprint density at radius 2 is 1.96 bits per heavy atom. The Labute approximate surface area is 166 Å². The number of ketones is 1. The van der Waals surface area contributed by atoms with E-state index in [1.54, 1.807) is 24.3 Å². The molecule has 2 aromatic rings. The third kappa shape index (κ3) is 4.08. The standard InChI is InChI=1S/C20H20ClNO4S/c1-12(2)26-10-9-22-17(15-4-3-11-27-15)16(19(24)20(22)25)18(23)13-5-7-14(21)8-6-13/h3-8,11-12,17,23H,9-10H2,1-2H3/b18-16-. The third-order valence-electron chi connectivity index (χ3n) is 4.25. The van der Waals surface area contributed by atoms with Gasteiger partial charge in [-0.25, -0.2) is 0 Å². The molecular formula is C20H20ClNO4S. The van der Waals surface area contributed by atoms with E-state index < -0.39 is 17.7 Å². The fourth-order valence-electron chi connectivity index (χ4n) is 3.00. The predicted octanol–water partition coefficient (Wildman–Crippen LogP) is 4.25. The number of hydrogen-bond acceptors (Lipinski definition) is 5. The van der Waals surface area contributed by atoms with Crippen molar-refractivity contribution < 1.29 is 19.4 Å². The lowest BCUT2D eigenvalue weighted by atomic mass is 10.00. The number of carbonyl (C=O) groups is 2. The zero-order valence-corrected chi connectivity index (χ0v) is 16.6. The molecule has 27 heavy (non-hydrogen) atoms. The van der Waals surface area contributed by atoms with Crippen LogP contribution in [0.5, 0.6) is 0 Å². The first-order valence-corrected chi connectivity index (χ1v) is 9.85. The first-order valence-electron chi connectivity index (χ1n) is 8.59. The van der Waals surface area contributed by atoms with Crippen molar-refractivity contribution in [3.63, 3.8) is 0 Å². The van der Waals surface area contributed by atoms with Crippen LogP contribution in [0.15, 0.2) is 47.4 Å². The number of thiophene rings is 1. The van der Waals surface area contributed by atoms with Crippen molar-refractivity contribution in [1.82, 2.24) is 4.90 Å². The number of benzene rings is 1. The first-order chi connectivity index (χ1) is 12.9. The van der Waals surface area contributed by atoms with Crippen LogP contribution in [0.25, 0.3) is 5.76 Å². The zero-order valence-electron chi connectivity index (χ0n) is 15.0. The molecule has 2 heterocycles. The minimum absolute atomic E-state index is 0.0241. The molecule has 0 radical (unpaired) electrons. The Hall–Kier alpha value is -2.15. The van der Waals surface area contributed by atoms with Crippen LogP contribution in [0.2, 0.25) is 5.02 Å². The number of aliphatic hydroxyl groups excluding tert-OH is 1. The molecule has 1 aliphatic heterocycles. The SMILES string of the molecule is CC(C)OCCN1C(=O)C(=O)/C(=C(\O)c2ccc(Cl)cc2)C1c1cccs1. The Morgan fingerprint density at radius 3 is 2.56 bits per heavy atom. The third-order valence-corrected chi connectivity index (χ3v) is 5.43. The van der Waals surface area contributed by atoms with Gasteiger partial charge in [0.05, 0.1) is 24.3 Å². The summed E-state index contributed by atoms with van der Waals surface area (Å²) in [7, 11) is 0. The molecule has 1 fully saturated rings. The van der Waals surface area contributed by atoms with E-state index in [1.165, 1.54) is 16.2 Å². The molecule has 142 valence electrons. The predicted molar refractivity (Wildman–Crippen MR) is 106 cm³/mol.